The van der Waals surface area contributed by atoms with E-state index in [4.69, 9.17) is 0 Å². The molecule has 0 radical (unpaired) electrons. The number of aryl methyl sites for hydroxylation is 2. The van der Waals surface area contributed by atoms with Gasteiger partial charge in [0.2, 0.25) is 0 Å². The van der Waals surface area contributed by atoms with Gasteiger partial charge in [-0.2, -0.15) is 0 Å². The Morgan fingerprint density at radius 2 is 2.10 bits per heavy atom. The molecule has 0 saturated carbocycles. The summed E-state index contributed by atoms with van der Waals surface area (Å²) in [7, 11) is 0. The molecule has 4 nitrogen and oxygen atoms in total. The second kappa shape index (κ2) is 5.75. The number of thiophene rings is 1. The molecule has 0 aliphatic rings. The highest BCUT2D eigenvalue weighted by Crippen LogP contribution is 2.25. The third-order valence-electron chi connectivity index (χ3n) is 2.94. The van der Waals surface area contributed by atoms with E-state index >= 15 is 0 Å². The van der Waals surface area contributed by atoms with Crippen LogP contribution in [0.25, 0.3) is 11.4 Å². The van der Waals surface area contributed by atoms with Crippen molar-refractivity contribution < 1.29 is 4.79 Å². The number of hydrogen-bond acceptors (Lipinski definition) is 5. The molecule has 0 saturated heterocycles. The summed E-state index contributed by atoms with van der Waals surface area (Å²) in [6.45, 7) is 3.95. The number of amides is 1. The maximum Gasteiger partial charge on any atom is 0.258 e. The van der Waals surface area contributed by atoms with Crippen molar-refractivity contribution in [2.45, 2.75) is 13.8 Å². The number of aromatic nitrogens is 2. The summed E-state index contributed by atoms with van der Waals surface area (Å²) in [6.07, 6.45) is 1.73. The predicted molar refractivity (Wildman–Crippen MR) is 87.1 cm³/mol. The third kappa shape index (κ3) is 3.01. The molecule has 1 N–H and O–H groups in total. The molecule has 3 aromatic rings. The third-order valence-corrected chi connectivity index (χ3v) is 4.66. The zero-order valence-electron chi connectivity index (χ0n) is 11.6. The molecule has 0 aliphatic carbocycles. The lowest BCUT2D eigenvalue weighted by Crippen LogP contribution is -2.11. The van der Waals surface area contributed by atoms with Crippen LogP contribution in [0.1, 0.15) is 20.1 Å². The molecule has 0 atom stereocenters. The molecule has 1 amide bonds. The summed E-state index contributed by atoms with van der Waals surface area (Å²) in [5.74, 6) is -0.112. The average molecular weight is 315 g/mol. The smallest absolute Gasteiger partial charge is 0.258 e. The van der Waals surface area contributed by atoms with Gasteiger partial charge in [0.15, 0.2) is 5.13 Å². The minimum Gasteiger partial charge on any atom is -0.298 e. The van der Waals surface area contributed by atoms with E-state index in [1.54, 1.807) is 17.5 Å². The van der Waals surface area contributed by atoms with Crippen LogP contribution in [-0.2, 0) is 0 Å². The molecule has 3 heterocycles. The Hall–Kier alpha value is -2.05. The number of rotatable bonds is 3. The van der Waals surface area contributed by atoms with Gasteiger partial charge in [-0.25, -0.2) is 4.98 Å². The second-order valence-corrected chi connectivity index (χ2v) is 6.85. The van der Waals surface area contributed by atoms with Gasteiger partial charge in [0.1, 0.15) is 5.69 Å². The van der Waals surface area contributed by atoms with Crippen LogP contribution in [0.15, 0.2) is 35.8 Å². The molecule has 21 heavy (non-hydrogen) atoms. The average Bonchev–Trinajstić information content (AvgIpc) is 3.06. The van der Waals surface area contributed by atoms with E-state index in [1.165, 1.54) is 11.3 Å². The summed E-state index contributed by atoms with van der Waals surface area (Å²) in [6, 6.07) is 7.58. The van der Waals surface area contributed by atoms with Crippen LogP contribution in [0.2, 0.25) is 0 Å². The molecule has 6 heteroatoms. The maximum absolute atomic E-state index is 12.2. The van der Waals surface area contributed by atoms with Gasteiger partial charge in [0, 0.05) is 21.3 Å². The quantitative estimate of drug-likeness (QED) is 0.790. The second-order valence-electron chi connectivity index (χ2n) is 4.53. The standard InChI is InChI=1S/C15H13N3OS2/c1-9-7-11(10(2)21-9)14(19)18-15-17-13(8-20-15)12-5-3-4-6-16-12/h3-8H,1-2H3,(H,17,18,19). The van der Waals surface area contributed by atoms with Gasteiger partial charge in [-0.3, -0.25) is 15.1 Å². The maximum atomic E-state index is 12.2. The fourth-order valence-corrected chi connectivity index (χ4v) is 3.60. The highest BCUT2D eigenvalue weighted by atomic mass is 32.1. The van der Waals surface area contributed by atoms with Crippen molar-refractivity contribution in [3.05, 3.63) is 51.2 Å². The Morgan fingerprint density at radius 3 is 2.76 bits per heavy atom. The number of thiazole rings is 1. The van der Waals surface area contributed by atoms with E-state index in [2.05, 4.69) is 15.3 Å². The monoisotopic (exact) mass is 315 g/mol. The van der Waals surface area contributed by atoms with Gasteiger partial charge < -0.3 is 0 Å². The normalized spacial score (nSPS) is 10.6. The van der Waals surface area contributed by atoms with Gasteiger partial charge in [-0.05, 0) is 32.0 Å². The molecule has 0 fully saturated rings. The molecule has 0 aromatic carbocycles. The lowest BCUT2D eigenvalue weighted by Gasteiger charge is -2.00. The van der Waals surface area contributed by atoms with Crippen LogP contribution in [0.3, 0.4) is 0 Å². The number of carbonyl (C=O) groups excluding carboxylic acids is 1. The summed E-state index contributed by atoms with van der Waals surface area (Å²) >= 11 is 3.02. The first-order valence-electron chi connectivity index (χ1n) is 6.39. The van der Waals surface area contributed by atoms with Crippen molar-refractivity contribution in [1.82, 2.24) is 9.97 Å². The van der Waals surface area contributed by atoms with Gasteiger partial charge in [-0.15, -0.1) is 22.7 Å². The molecule has 3 rings (SSSR count). The largest absolute Gasteiger partial charge is 0.298 e. The van der Waals surface area contributed by atoms with Crippen molar-refractivity contribution in [3.8, 4) is 11.4 Å². The number of nitrogens with one attached hydrogen (secondary N) is 1. The van der Waals surface area contributed by atoms with Crippen molar-refractivity contribution >= 4 is 33.7 Å². The first kappa shape index (κ1) is 13.9. The number of carbonyl (C=O) groups is 1. The highest BCUT2D eigenvalue weighted by Gasteiger charge is 2.14. The van der Waals surface area contributed by atoms with E-state index in [0.29, 0.717) is 10.7 Å². The summed E-state index contributed by atoms with van der Waals surface area (Å²) in [5.41, 5.74) is 2.29. The number of pyridine rings is 1. The molecule has 0 spiro atoms. The van der Waals surface area contributed by atoms with Crippen LogP contribution in [0.4, 0.5) is 5.13 Å². The Balaban J connectivity index is 1.79. The van der Waals surface area contributed by atoms with Gasteiger partial charge >= 0.3 is 0 Å². The molecule has 106 valence electrons. The molecular formula is C15H13N3OS2. The van der Waals surface area contributed by atoms with Crippen LogP contribution in [-0.4, -0.2) is 15.9 Å². The molecule has 0 aliphatic heterocycles. The fourth-order valence-electron chi connectivity index (χ4n) is 1.98. The van der Waals surface area contributed by atoms with E-state index in [9.17, 15) is 4.79 Å². The van der Waals surface area contributed by atoms with E-state index in [0.717, 1.165) is 21.1 Å². The van der Waals surface area contributed by atoms with Crippen LogP contribution < -0.4 is 5.32 Å². The Kier molecular flexibility index (Phi) is 3.81. The lowest BCUT2D eigenvalue weighted by molar-refractivity contribution is 0.102. The Labute approximate surface area is 130 Å². The van der Waals surface area contributed by atoms with Gasteiger partial charge in [0.25, 0.3) is 5.91 Å². The first-order chi connectivity index (χ1) is 10.1. The van der Waals surface area contributed by atoms with E-state index in [1.807, 2.05) is 43.5 Å². The predicted octanol–water partition coefficient (Wildman–Crippen LogP) is 4.14. The Morgan fingerprint density at radius 1 is 1.24 bits per heavy atom. The van der Waals surface area contributed by atoms with E-state index in [-0.39, 0.29) is 5.91 Å². The minimum absolute atomic E-state index is 0.112. The number of nitrogens with zero attached hydrogens (tertiary/aromatic N) is 2. The van der Waals surface area contributed by atoms with Crippen LogP contribution in [0, 0.1) is 13.8 Å². The van der Waals surface area contributed by atoms with Crippen molar-refractivity contribution in [1.29, 1.82) is 0 Å². The minimum atomic E-state index is -0.112. The van der Waals surface area contributed by atoms with Crippen molar-refractivity contribution in [3.63, 3.8) is 0 Å². The Bertz CT molecular complexity index is 777. The SMILES string of the molecule is Cc1cc(C(=O)Nc2nc(-c3ccccn3)cs2)c(C)s1. The van der Waals surface area contributed by atoms with Crippen molar-refractivity contribution in [2.24, 2.45) is 0 Å². The number of hydrogen-bond donors (Lipinski definition) is 1. The van der Waals surface area contributed by atoms with Crippen molar-refractivity contribution in [2.75, 3.05) is 5.32 Å². The van der Waals surface area contributed by atoms with Gasteiger partial charge in [0.05, 0.1) is 11.3 Å². The topological polar surface area (TPSA) is 54.9 Å². The fraction of sp³-hybridized carbons (Fsp3) is 0.133. The lowest BCUT2D eigenvalue weighted by atomic mass is 10.2. The molecule has 3 aromatic heterocycles. The van der Waals surface area contributed by atoms with Crippen LogP contribution >= 0.6 is 22.7 Å². The highest BCUT2D eigenvalue weighted by molar-refractivity contribution is 7.14. The molecular weight excluding hydrogens is 302 g/mol. The zero-order chi connectivity index (χ0) is 14.8. The molecule has 0 unspecified atom stereocenters. The van der Waals surface area contributed by atoms with E-state index < -0.39 is 0 Å². The summed E-state index contributed by atoms with van der Waals surface area (Å²) < 4.78 is 0. The summed E-state index contributed by atoms with van der Waals surface area (Å²) in [5, 5.41) is 5.33. The number of anilines is 1. The zero-order valence-corrected chi connectivity index (χ0v) is 13.2. The van der Waals surface area contributed by atoms with Crippen LogP contribution in [0.5, 0.6) is 0 Å². The first-order valence-corrected chi connectivity index (χ1v) is 8.08. The summed E-state index contributed by atoms with van der Waals surface area (Å²) in [4.78, 5) is 23.1. The molecule has 0 bridgehead atoms. The van der Waals surface area contributed by atoms with Gasteiger partial charge in [-0.1, -0.05) is 6.07 Å².